The summed E-state index contributed by atoms with van der Waals surface area (Å²) in [5, 5.41) is 2.95. The van der Waals surface area contributed by atoms with E-state index >= 15 is 0 Å². The Bertz CT molecular complexity index is 820. The summed E-state index contributed by atoms with van der Waals surface area (Å²) in [4.78, 5) is 16.2. The number of carbonyl (C=O) groups is 1. The van der Waals surface area contributed by atoms with Crippen LogP contribution in [0.1, 0.15) is 23.1 Å². The fourth-order valence-corrected chi connectivity index (χ4v) is 2.56. The van der Waals surface area contributed by atoms with Crippen LogP contribution in [0, 0.1) is 0 Å². The molecule has 0 aliphatic heterocycles. The van der Waals surface area contributed by atoms with Crippen molar-refractivity contribution in [1.29, 1.82) is 0 Å². The molecule has 0 unspecified atom stereocenters. The Labute approximate surface area is 153 Å². The van der Waals surface area contributed by atoms with E-state index in [0.29, 0.717) is 25.5 Å². The molecule has 1 heterocycles. The maximum atomic E-state index is 12.0. The van der Waals surface area contributed by atoms with Crippen molar-refractivity contribution in [2.24, 2.45) is 0 Å². The second-order valence-electron chi connectivity index (χ2n) is 6.04. The van der Waals surface area contributed by atoms with E-state index in [1.807, 2.05) is 72.8 Å². The zero-order chi connectivity index (χ0) is 18.0. The van der Waals surface area contributed by atoms with Crippen LogP contribution in [0.25, 0.3) is 0 Å². The Kier molecular flexibility index (Phi) is 6.37. The highest BCUT2D eigenvalue weighted by Crippen LogP contribution is 2.12. The number of benzene rings is 2. The van der Waals surface area contributed by atoms with Gasteiger partial charge in [-0.25, -0.2) is 4.98 Å². The van der Waals surface area contributed by atoms with Crippen LogP contribution >= 0.6 is 0 Å². The number of carbonyl (C=O) groups excluding carboxylic acids is 1. The first-order valence-electron chi connectivity index (χ1n) is 8.72. The van der Waals surface area contributed by atoms with Gasteiger partial charge in [-0.05, 0) is 29.2 Å². The standard InChI is InChI=1S/C22H22N2O2/c25-21(12-11-18-7-3-1-4-8-18)24-16-20-13-14-23-22(15-20)26-17-19-9-5-2-6-10-19/h1-10,13-15H,11-12,16-17H2,(H,24,25). The number of hydrogen-bond acceptors (Lipinski definition) is 3. The van der Waals surface area contributed by atoms with E-state index in [-0.39, 0.29) is 5.91 Å². The van der Waals surface area contributed by atoms with E-state index in [1.54, 1.807) is 6.20 Å². The predicted molar refractivity (Wildman–Crippen MR) is 102 cm³/mol. The molecule has 1 N–H and O–H groups in total. The first-order valence-corrected chi connectivity index (χ1v) is 8.72. The van der Waals surface area contributed by atoms with Gasteiger partial charge >= 0.3 is 0 Å². The molecule has 0 saturated heterocycles. The maximum absolute atomic E-state index is 12.0. The summed E-state index contributed by atoms with van der Waals surface area (Å²) in [5.74, 6) is 0.599. The fourth-order valence-electron chi connectivity index (χ4n) is 2.56. The van der Waals surface area contributed by atoms with Gasteiger partial charge in [0.15, 0.2) is 0 Å². The molecule has 0 spiro atoms. The predicted octanol–water partition coefficient (Wildman–Crippen LogP) is 3.91. The molecule has 0 bridgehead atoms. The second-order valence-corrected chi connectivity index (χ2v) is 6.04. The van der Waals surface area contributed by atoms with E-state index in [0.717, 1.165) is 17.5 Å². The van der Waals surface area contributed by atoms with Crippen LogP contribution in [-0.4, -0.2) is 10.9 Å². The van der Waals surface area contributed by atoms with Gasteiger partial charge in [0.1, 0.15) is 6.61 Å². The number of aryl methyl sites for hydroxylation is 1. The molecule has 0 radical (unpaired) electrons. The van der Waals surface area contributed by atoms with Gasteiger partial charge in [0, 0.05) is 25.2 Å². The number of nitrogens with one attached hydrogen (secondary N) is 1. The summed E-state index contributed by atoms with van der Waals surface area (Å²) in [5.41, 5.74) is 3.23. The van der Waals surface area contributed by atoms with Crippen molar-refractivity contribution >= 4 is 5.91 Å². The SMILES string of the molecule is O=C(CCc1ccccc1)NCc1ccnc(OCc2ccccc2)c1. The molecule has 26 heavy (non-hydrogen) atoms. The van der Waals surface area contributed by atoms with Crippen molar-refractivity contribution in [2.75, 3.05) is 0 Å². The van der Waals surface area contributed by atoms with Crippen LogP contribution in [0.3, 0.4) is 0 Å². The Morgan fingerprint density at radius 2 is 1.58 bits per heavy atom. The van der Waals surface area contributed by atoms with Crippen molar-refractivity contribution < 1.29 is 9.53 Å². The number of rotatable bonds is 8. The van der Waals surface area contributed by atoms with Gasteiger partial charge < -0.3 is 10.1 Å². The van der Waals surface area contributed by atoms with Crippen LogP contribution in [0.2, 0.25) is 0 Å². The Hall–Kier alpha value is -3.14. The fraction of sp³-hybridized carbons (Fsp3) is 0.182. The van der Waals surface area contributed by atoms with Gasteiger partial charge in [0.25, 0.3) is 0 Å². The molecule has 3 rings (SSSR count). The molecular formula is C22H22N2O2. The number of aromatic nitrogens is 1. The third kappa shape index (κ3) is 5.74. The third-order valence-electron chi connectivity index (χ3n) is 4.00. The van der Waals surface area contributed by atoms with Gasteiger partial charge in [-0.1, -0.05) is 60.7 Å². The number of nitrogens with zero attached hydrogens (tertiary/aromatic N) is 1. The van der Waals surface area contributed by atoms with E-state index in [4.69, 9.17) is 4.74 Å². The smallest absolute Gasteiger partial charge is 0.220 e. The molecule has 0 fully saturated rings. The zero-order valence-electron chi connectivity index (χ0n) is 14.6. The highest BCUT2D eigenvalue weighted by atomic mass is 16.5. The largest absolute Gasteiger partial charge is 0.473 e. The van der Waals surface area contributed by atoms with E-state index < -0.39 is 0 Å². The van der Waals surface area contributed by atoms with E-state index in [1.165, 1.54) is 5.56 Å². The average Bonchev–Trinajstić information content (AvgIpc) is 2.71. The lowest BCUT2D eigenvalue weighted by atomic mass is 10.1. The van der Waals surface area contributed by atoms with Crippen LogP contribution in [0.15, 0.2) is 79.0 Å². The van der Waals surface area contributed by atoms with Crippen molar-refractivity contribution in [3.05, 3.63) is 95.7 Å². The van der Waals surface area contributed by atoms with Crippen molar-refractivity contribution in [3.8, 4) is 5.88 Å². The normalized spacial score (nSPS) is 10.3. The van der Waals surface area contributed by atoms with Crippen LogP contribution in [-0.2, 0) is 24.4 Å². The van der Waals surface area contributed by atoms with Gasteiger partial charge in [0.05, 0.1) is 0 Å². The van der Waals surface area contributed by atoms with Crippen molar-refractivity contribution in [3.63, 3.8) is 0 Å². The monoisotopic (exact) mass is 346 g/mol. The van der Waals surface area contributed by atoms with Crippen LogP contribution < -0.4 is 10.1 Å². The van der Waals surface area contributed by atoms with Gasteiger partial charge in [0.2, 0.25) is 11.8 Å². The first-order chi connectivity index (χ1) is 12.8. The van der Waals surface area contributed by atoms with Gasteiger partial charge in [-0.15, -0.1) is 0 Å². The molecule has 0 saturated carbocycles. The maximum Gasteiger partial charge on any atom is 0.220 e. The molecule has 4 nitrogen and oxygen atoms in total. The Morgan fingerprint density at radius 3 is 2.31 bits per heavy atom. The summed E-state index contributed by atoms with van der Waals surface area (Å²) >= 11 is 0. The molecule has 3 aromatic rings. The molecule has 0 aliphatic carbocycles. The lowest BCUT2D eigenvalue weighted by molar-refractivity contribution is -0.121. The summed E-state index contributed by atoms with van der Waals surface area (Å²) < 4.78 is 5.72. The topological polar surface area (TPSA) is 51.2 Å². The lowest BCUT2D eigenvalue weighted by Crippen LogP contribution is -2.23. The molecule has 0 atom stereocenters. The summed E-state index contributed by atoms with van der Waals surface area (Å²) in [6, 6.07) is 23.7. The highest BCUT2D eigenvalue weighted by molar-refractivity contribution is 5.76. The van der Waals surface area contributed by atoms with Crippen molar-refractivity contribution in [2.45, 2.75) is 26.0 Å². The summed E-state index contributed by atoms with van der Waals surface area (Å²) in [7, 11) is 0. The highest BCUT2D eigenvalue weighted by Gasteiger charge is 2.04. The van der Waals surface area contributed by atoms with E-state index in [2.05, 4.69) is 10.3 Å². The number of ether oxygens (including phenoxy) is 1. The minimum absolute atomic E-state index is 0.0393. The first kappa shape index (κ1) is 17.7. The number of amides is 1. The lowest BCUT2D eigenvalue weighted by Gasteiger charge is -2.08. The molecule has 132 valence electrons. The van der Waals surface area contributed by atoms with Crippen molar-refractivity contribution in [1.82, 2.24) is 10.3 Å². The Balaban J connectivity index is 1.45. The van der Waals surface area contributed by atoms with Crippen LogP contribution in [0.5, 0.6) is 5.88 Å². The summed E-state index contributed by atoms with van der Waals surface area (Å²) in [6.07, 6.45) is 2.92. The third-order valence-corrected chi connectivity index (χ3v) is 4.00. The number of hydrogen-bond donors (Lipinski definition) is 1. The average molecular weight is 346 g/mol. The minimum atomic E-state index is 0.0393. The zero-order valence-corrected chi connectivity index (χ0v) is 14.6. The minimum Gasteiger partial charge on any atom is -0.473 e. The molecule has 1 amide bonds. The van der Waals surface area contributed by atoms with Crippen LogP contribution in [0.4, 0.5) is 0 Å². The number of pyridine rings is 1. The Morgan fingerprint density at radius 1 is 0.885 bits per heavy atom. The summed E-state index contributed by atoms with van der Waals surface area (Å²) in [6.45, 7) is 0.943. The van der Waals surface area contributed by atoms with E-state index in [9.17, 15) is 4.79 Å². The molecule has 2 aromatic carbocycles. The van der Waals surface area contributed by atoms with Gasteiger partial charge in [-0.3, -0.25) is 4.79 Å². The molecule has 4 heteroatoms. The molecule has 0 aliphatic rings. The molecular weight excluding hydrogens is 324 g/mol. The van der Waals surface area contributed by atoms with Gasteiger partial charge in [-0.2, -0.15) is 0 Å². The quantitative estimate of drug-likeness (QED) is 0.673. The molecule has 1 aromatic heterocycles. The second kappa shape index (κ2) is 9.37.